The van der Waals surface area contributed by atoms with Crippen molar-refractivity contribution in [3.8, 4) is 0 Å². The number of aromatic nitrogens is 1. The molecule has 2 atom stereocenters. The standard InChI is InChI=1S/C21H24N2O4/c1-13-18(21(25)27-12-15-4-3-11-26-15)19(14-7-9-22-10-8-14)20-16(23-13)5-2-6-17(20)24/h7-10,15,19,23H,2-6,11-12H2,1H3/t15-,19+/m0/s1. The summed E-state index contributed by atoms with van der Waals surface area (Å²) in [6.45, 7) is 2.84. The van der Waals surface area contributed by atoms with Crippen molar-refractivity contribution in [2.75, 3.05) is 13.2 Å². The van der Waals surface area contributed by atoms with Gasteiger partial charge in [0.25, 0.3) is 0 Å². The molecule has 4 rings (SSSR count). The molecule has 0 radical (unpaired) electrons. The van der Waals surface area contributed by atoms with Gasteiger partial charge < -0.3 is 14.8 Å². The van der Waals surface area contributed by atoms with Gasteiger partial charge in [0.15, 0.2) is 5.78 Å². The molecule has 0 amide bonds. The van der Waals surface area contributed by atoms with Crippen LogP contribution in [0.3, 0.4) is 0 Å². The summed E-state index contributed by atoms with van der Waals surface area (Å²) in [7, 11) is 0. The number of allylic oxidation sites excluding steroid dienone is 3. The van der Waals surface area contributed by atoms with Crippen LogP contribution in [0.4, 0.5) is 0 Å². The van der Waals surface area contributed by atoms with E-state index in [4.69, 9.17) is 9.47 Å². The second-order valence-electron chi connectivity index (χ2n) is 7.28. The van der Waals surface area contributed by atoms with Crippen LogP contribution in [0.15, 0.2) is 47.1 Å². The normalized spacial score (nSPS) is 25.3. The Morgan fingerprint density at radius 2 is 2.11 bits per heavy atom. The van der Waals surface area contributed by atoms with Gasteiger partial charge in [-0.3, -0.25) is 9.78 Å². The van der Waals surface area contributed by atoms with Crippen LogP contribution in [0, 0.1) is 0 Å². The van der Waals surface area contributed by atoms with E-state index in [2.05, 4.69) is 10.3 Å². The van der Waals surface area contributed by atoms with Crippen LogP contribution in [0.25, 0.3) is 0 Å². The van der Waals surface area contributed by atoms with Gasteiger partial charge in [-0.1, -0.05) is 0 Å². The van der Waals surface area contributed by atoms with Gasteiger partial charge in [-0.05, 0) is 50.3 Å². The fourth-order valence-electron chi connectivity index (χ4n) is 4.17. The molecular formula is C21H24N2O4. The molecule has 3 heterocycles. The van der Waals surface area contributed by atoms with Crippen LogP contribution in [-0.2, 0) is 19.1 Å². The number of ketones is 1. The lowest BCUT2D eigenvalue weighted by molar-refractivity contribution is -0.142. The molecule has 142 valence electrons. The van der Waals surface area contributed by atoms with Crippen LogP contribution in [0.1, 0.15) is 50.5 Å². The minimum Gasteiger partial charge on any atom is -0.459 e. The Hall–Kier alpha value is -2.47. The summed E-state index contributed by atoms with van der Waals surface area (Å²) in [6, 6.07) is 3.73. The smallest absolute Gasteiger partial charge is 0.336 e. The summed E-state index contributed by atoms with van der Waals surface area (Å²) in [5, 5.41) is 3.30. The highest BCUT2D eigenvalue weighted by molar-refractivity contribution is 6.03. The van der Waals surface area contributed by atoms with E-state index < -0.39 is 5.92 Å². The van der Waals surface area contributed by atoms with Gasteiger partial charge in [0.05, 0.1) is 11.7 Å². The molecule has 27 heavy (non-hydrogen) atoms. The number of hydrogen-bond acceptors (Lipinski definition) is 6. The molecule has 0 aromatic carbocycles. The average Bonchev–Trinajstić information content (AvgIpc) is 3.19. The molecule has 1 saturated heterocycles. The highest BCUT2D eigenvalue weighted by atomic mass is 16.6. The molecule has 6 nitrogen and oxygen atoms in total. The molecule has 0 saturated carbocycles. The third-order valence-corrected chi connectivity index (χ3v) is 5.46. The quantitative estimate of drug-likeness (QED) is 0.824. The van der Waals surface area contributed by atoms with Crippen LogP contribution in [0.5, 0.6) is 0 Å². The third kappa shape index (κ3) is 3.54. The molecule has 1 aromatic heterocycles. The van der Waals surface area contributed by atoms with Crippen molar-refractivity contribution in [3.05, 3.63) is 52.6 Å². The number of ether oxygens (including phenoxy) is 2. The minimum absolute atomic E-state index is 0.0307. The van der Waals surface area contributed by atoms with Crippen molar-refractivity contribution in [3.63, 3.8) is 0 Å². The van der Waals surface area contributed by atoms with Crippen LogP contribution in [0.2, 0.25) is 0 Å². The summed E-state index contributed by atoms with van der Waals surface area (Å²) in [4.78, 5) is 29.8. The molecule has 3 aliphatic rings. The maximum absolute atomic E-state index is 13.0. The van der Waals surface area contributed by atoms with Gasteiger partial charge in [-0.25, -0.2) is 4.79 Å². The predicted molar refractivity (Wildman–Crippen MR) is 98.6 cm³/mol. The zero-order chi connectivity index (χ0) is 18.8. The van der Waals surface area contributed by atoms with Crippen molar-refractivity contribution < 1.29 is 19.1 Å². The number of rotatable bonds is 4. The van der Waals surface area contributed by atoms with Gasteiger partial charge in [0, 0.05) is 48.3 Å². The average molecular weight is 368 g/mol. The first-order valence-corrected chi connectivity index (χ1v) is 9.58. The lowest BCUT2D eigenvalue weighted by Gasteiger charge is -2.34. The van der Waals surface area contributed by atoms with E-state index >= 15 is 0 Å². The van der Waals surface area contributed by atoms with Crippen LogP contribution >= 0.6 is 0 Å². The van der Waals surface area contributed by atoms with Gasteiger partial charge in [-0.2, -0.15) is 0 Å². The first-order valence-electron chi connectivity index (χ1n) is 9.58. The monoisotopic (exact) mass is 368 g/mol. The highest BCUT2D eigenvalue weighted by Gasteiger charge is 2.39. The van der Waals surface area contributed by atoms with Crippen molar-refractivity contribution in [2.24, 2.45) is 0 Å². The molecule has 6 heteroatoms. The Morgan fingerprint density at radius 3 is 2.85 bits per heavy atom. The Morgan fingerprint density at radius 1 is 1.30 bits per heavy atom. The van der Waals surface area contributed by atoms with Crippen LogP contribution in [-0.4, -0.2) is 36.1 Å². The molecule has 0 bridgehead atoms. The number of carbonyl (C=O) groups is 2. The number of pyridine rings is 1. The summed E-state index contributed by atoms with van der Waals surface area (Å²) >= 11 is 0. The number of esters is 1. The van der Waals surface area contributed by atoms with E-state index in [-0.39, 0.29) is 24.5 Å². The number of nitrogens with one attached hydrogen (secondary N) is 1. The van der Waals surface area contributed by atoms with E-state index in [1.807, 2.05) is 19.1 Å². The third-order valence-electron chi connectivity index (χ3n) is 5.46. The Labute approximate surface area is 158 Å². The number of dihydropyridines is 1. The maximum Gasteiger partial charge on any atom is 0.336 e. The van der Waals surface area contributed by atoms with E-state index in [1.165, 1.54) is 0 Å². The number of hydrogen-bond donors (Lipinski definition) is 1. The van der Waals surface area contributed by atoms with Gasteiger partial charge in [0.1, 0.15) is 6.61 Å². The predicted octanol–water partition coefficient (Wildman–Crippen LogP) is 2.77. The summed E-state index contributed by atoms with van der Waals surface area (Å²) < 4.78 is 11.1. The Kier molecular flexibility index (Phi) is 5.07. The lowest BCUT2D eigenvalue weighted by atomic mass is 9.75. The second-order valence-corrected chi connectivity index (χ2v) is 7.28. The van der Waals surface area contributed by atoms with E-state index in [0.29, 0.717) is 17.6 Å². The summed E-state index contributed by atoms with van der Waals surface area (Å²) in [5.41, 5.74) is 3.77. The molecule has 1 N–H and O–H groups in total. The minimum atomic E-state index is -0.408. The molecular weight excluding hydrogens is 344 g/mol. The largest absolute Gasteiger partial charge is 0.459 e. The van der Waals surface area contributed by atoms with Crippen molar-refractivity contribution in [2.45, 2.75) is 51.0 Å². The van der Waals surface area contributed by atoms with Crippen LogP contribution < -0.4 is 5.32 Å². The van der Waals surface area contributed by atoms with Gasteiger partial charge >= 0.3 is 5.97 Å². The Bertz CT molecular complexity index is 807. The maximum atomic E-state index is 13.0. The fourth-order valence-corrected chi connectivity index (χ4v) is 4.17. The van der Waals surface area contributed by atoms with Crippen molar-refractivity contribution >= 4 is 11.8 Å². The molecule has 1 aliphatic carbocycles. The molecule has 1 fully saturated rings. The summed E-state index contributed by atoms with van der Waals surface area (Å²) in [6.07, 6.45) is 7.42. The zero-order valence-corrected chi connectivity index (χ0v) is 15.5. The van der Waals surface area contributed by atoms with Gasteiger partial charge in [0.2, 0.25) is 0 Å². The molecule has 1 aromatic rings. The second kappa shape index (κ2) is 7.64. The summed E-state index contributed by atoms with van der Waals surface area (Å²) in [5.74, 6) is -0.696. The lowest BCUT2D eigenvalue weighted by Crippen LogP contribution is -2.35. The fraction of sp³-hybridized carbons (Fsp3) is 0.476. The first kappa shape index (κ1) is 17.9. The van der Waals surface area contributed by atoms with Crippen molar-refractivity contribution in [1.82, 2.24) is 10.3 Å². The van der Waals surface area contributed by atoms with E-state index in [1.54, 1.807) is 12.4 Å². The molecule has 0 unspecified atom stereocenters. The number of carbonyl (C=O) groups excluding carboxylic acids is 2. The SMILES string of the molecule is CC1=C(C(=O)OC[C@@H]2CCCO2)[C@@H](c2ccncc2)C2=C(CCCC2=O)N1. The van der Waals surface area contributed by atoms with Gasteiger partial charge in [-0.15, -0.1) is 0 Å². The molecule has 2 aliphatic heterocycles. The van der Waals surface area contributed by atoms with E-state index in [0.717, 1.165) is 49.2 Å². The van der Waals surface area contributed by atoms with E-state index in [9.17, 15) is 9.59 Å². The topological polar surface area (TPSA) is 77.5 Å². The zero-order valence-electron chi connectivity index (χ0n) is 15.5. The molecule has 0 spiro atoms. The van der Waals surface area contributed by atoms with Crippen molar-refractivity contribution in [1.29, 1.82) is 0 Å². The highest BCUT2D eigenvalue weighted by Crippen LogP contribution is 2.42. The first-order chi connectivity index (χ1) is 13.1. The Balaban J connectivity index is 1.67. The number of nitrogens with zero attached hydrogens (tertiary/aromatic N) is 1. The number of Topliss-reactive ketones (excluding diaryl/α,β-unsaturated/α-hetero) is 1.